The van der Waals surface area contributed by atoms with Gasteiger partial charge in [0.15, 0.2) is 0 Å². The third-order valence-electron chi connectivity index (χ3n) is 7.35. The van der Waals surface area contributed by atoms with E-state index in [9.17, 15) is 0 Å². The maximum absolute atomic E-state index is 9.11. The Labute approximate surface area is 260 Å². The van der Waals surface area contributed by atoms with Crippen molar-refractivity contribution in [3.8, 4) is 11.5 Å². The van der Waals surface area contributed by atoms with E-state index < -0.39 is 0 Å². The Bertz CT molecular complexity index is 904. The minimum absolute atomic E-state index is 0. The molecule has 0 atom stereocenters. The van der Waals surface area contributed by atoms with Gasteiger partial charge in [0.05, 0.1) is 51.8 Å². The molecule has 0 aliphatic rings. The maximum atomic E-state index is 9.11. The SMILES string of the molecule is CCCCCCCCOc1ccc(/N=N/c2ccc(OCCCCCCCCCC[N+](C)(C)CCO)cc2)cc1.[Br-]. The second kappa shape index (κ2) is 23.6. The minimum atomic E-state index is 0. The fourth-order valence-electron chi connectivity index (χ4n) is 4.68. The quantitative estimate of drug-likeness (QED) is 0.0825. The third-order valence-corrected chi connectivity index (χ3v) is 7.35. The summed E-state index contributed by atoms with van der Waals surface area (Å²) in [6.45, 7) is 6.06. The first kappa shape index (κ1) is 37.1. The summed E-state index contributed by atoms with van der Waals surface area (Å²) in [5.74, 6) is 1.77. The van der Waals surface area contributed by atoms with Gasteiger partial charge < -0.3 is 36.0 Å². The van der Waals surface area contributed by atoms with Gasteiger partial charge in [-0.05, 0) is 74.2 Å². The van der Waals surface area contributed by atoms with Crippen LogP contribution in [0.3, 0.4) is 0 Å². The van der Waals surface area contributed by atoms with Gasteiger partial charge in [-0.2, -0.15) is 10.2 Å². The molecular formula is C34H56BrN3O3. The molecule has 0 bridgehead atoms. The van der Waals surface area contributed by atoms with Crippen molar-refractivity contribution in [3.05, 3.63) is 48.5 Å². The molecule has 2 rings (SSSR count). The normalized spacial score (nSPS) is 11.5. The van der Waals surface area contributed by atoms with Gasteiger partial charge >= 0.3 is 0 Å². The first-order valence-corrected chi connectivity index (χ1v) is 15.8. The van der Waals surface area contributed by atoms with E-state index in [1.54, 1.807) is 0 Å². The van der Waals surface area contributed by atoms with E-state index in [0.717, 1.165) is 66.5 Å². The van der Waals surface area contributed by atoms with Gasteiger partial charge in [-0.3, -0.25) is 0 Å². The summed E-state index contributed by atoms with van der Waals surface area (Å²) in [5.41, 5.74) is 1.63. The van der Waals surface area contributed by atoms with Crippen molar-refractivity contribution in [3.63, 3.8) is 0 Å². The van der Waals surface area contributed by atoms with Crippen LogP contribution < -0.4 is 26.5 Å². The second-order valence-corrected chi connectivity index (χ2v) is 11.6. The van der Waals surface area contributed by atoms with E-state index in [0.29, 0.717) is 0 Å². The summed E-state index contributed by atoms with van der Waals surface area (Å²) in [6, 6.07) is 15.6. The van der Waals surface area contributed by atoms with Gasteiger partial charge in [-0.15, -0.1) is 0 Å². The van der Waals surface area contributed by atoms with Crippen LogP contribution in [-0.4, -0.2) is 56.6 Å². The molecule has 232 valence electrons. The van der Waals surface area contributed by atoms with Crippen LogP contribution >= 0.6 is 0 Å². The Morgan fingerprint density at radius 2 is 0.951 bits per heavy atom. The van der Waals surface area contributed by atoms with Crippen LogP contribution in [0.2, 0.25) is 0 Å². The number of aliphatic hydroxyl groups is 1. The summed E-state index contributed by atoms with van der Waals surface area (Å²) < 4.78 is 12.7. The molecule has 2 aromatic carbocycles. The molecule has 0 saturated heterocycles. The molecule has 0 aliphatic heterocycles. The maximum Gasteiger partial charge on any atom is 0.119 e. The van der Waals surface area contributed by atoms with Crippen LogP contribution in [0.15, 0.2) is 58.8 Å². The first-order chi connectivity index (χ1) is 19.5. The molecule has 2 aromatic rings. The Balaban J connectivity index is 0.00000840. The van der Waals surface area contributed by atoms with Crippen LogP contribution in [0.5, 0.6) is 11.5 Å². The number of ether oxygens (including phenoxy) is 2. The van der Waals surface area contributed by atoms with Crippen LogP contribution in [0.25, 0.3) is 0 Å². The fourth-order valence-corrected chi connectivity index (χ4v) is 4.68. The van der Waals surface area contributed by atoms with Gasteiger partial charge in [-0.1, -0.05) is 71.1 Å². The highest BCUT2D eigenvalue weighted by atomic mass is 79.9. The highest BCUT2D eigenvalue weighted by molar-refractivity contribution is 5.44. The zero-order chi connectivity index (χ0) is 28.7. The van der Waals surface area contributed by atoms with Crippen LogP contribution in [0, 0.1) is 0 Å². The van der Waals surface area contributed by atoms with E-state index in [2.05, 4.69) is 31.2 Å². The summed E-state index contributed by atoms with van der Waals surface area (Å²) in [7, 11) is 4.40. The fraction of sp³-hybridized carbons (Fsp3) is 0.647. The summed E-state index contributed by atoms with van der Waals surface area (Å²) in [4.78, 5) is 0. The molecule has 7 heteroatoms. The minimum Gasteiger partial charge on any atom is -1.00 e. The van der Waals surface area contributed by atoms with Gasteiger partial charge in [-0.25, -0.2) is 0 Å². The van der Waals surface area contributed by atoms with Crippen LogP contribution in [0.1, 0.15) is 96.8 Å². The highest BCUT2D eigenvalue weighted by Gasteiger charge is 2.12. The molecule has 0 saturated carbocycles. The summed E-state index contributed by atoms with van der Waals surface area (Å²) in [6.07, 6.45) is 17.7. The Kier molecular flexibility index (Phi) is 21.3. The second-order valence-electron chi connectivity index (χ2n) is 11.6. The van der Waals surface area contributed by atoms with Gasteiger partial charge in [0.1, 0.15) is 18.0 Å². The van der Waals surface area contributed by atoms with E-state index in [1.165, 1.54) is 77.0 Å². The van der Waals surface area contributed by atoms with Crippen molar-refractivity contribution in [1.82, 2.24) is 0 Å². The molecule has 0 aliphatic carbocycles. The van der Waals surface area contributed by atoms with Gasteiger partial charge in [0.25, 0.3) is 0 Å². The molecule has 0 spiro atoms. The lowest BCUT2D eigenvalue weighted by Gasteiger charge is -2.28. The largest absolute Gasteiger partial charge is 1.00 e. The van der Waals surface area contributed by atoms with E-state index in [-0.39, 0.29) is 23.6 Å². The number of nitrogens with zero attached hydrogens (tertiary/aromatic N) is 3. The molecule has 0 fully saturated rings. The third kappa shape index (κ3) is 19.0. The molecule has 0 amide bonds. The van der Waals surface area contributed by atoms with Crippen LogP contribution in [0.4, 0.5) is 11.4 Å². The molecule has 0 unspecified atom stereocenters. The average molecular weight is 635 g/mol. The monoisotopic (exact) mass is 633 g/mol. The molecule has 41 heavy (non-hydrogen) atoms. The van der Waals surface area contributed by atoms with Crippen molar-refractivity contribution in [2.45, 2.75) is 96.8 Å². The molecular weight excluding hydrogens is 578 g/mol. The zero-order valence-corrected chi connectivity index (χ0v) is 27.6. The van der Waals surface area contributed by atoms with E-state index in [1.807, 2.05) is 48.5 Å². The molecule has 6 nitrogen and oxygen atoms in total. The van der Waals surface area contributed by atoms with Crippen molar-refractivity contribution in [2.24, 2.45) is 10.2 Å². The number of hydrogen-bond acceptors (Lipinski definition) is 5. The predicted octanol–water partition coefficient (Wildman–Crippen LogP) is 6.41. The first-order valence-electron chi connectivity index (χ1n) is 15.8. The van der Waals surface area contributed by atoms with Crippen molar-refractivity contribution >= 4 is 11.4 Å². The number of hydrogen-bond donors (Lipinski definition) is 1. The van der Waals surface area contributed by atoms with Crippen molar-refractivity contribution < 1.29 is 36.0 Å². The number of quaternary nitrogens is 1. The van der Waals surface area contributed by atoms with E-state index in [4.69, 9.17) is 14.6 Å². The lowest BCUT2D eigenvalue weighted by atomic mass is 10.1. The Morgan fingerprint density at radius 3 is 1.37 bits per heavy atom. The summed E-state index contributed by atoms with van der Waals surface area (Å²) in [5, 5.41) is 17.8. The number of aliphatic hydroxyl groups excluding tert-OH is 1. The Morgan fingerprint density at radius 1 is 0.561 bits per heavy atom. The van der Waals surface area contributed by atoms with Crippen molar-refractivity contribution in [2.75, 3.05) is 47.0 Å². The Hall–Kier alpha value is -1.96. The van der Waals surface area contributed by atoms with Gasteiger partial charge in [0.2, 0.25) is 0 Å². The zero-order valence-electron chi connectivity index (χ0n) is 26.0. The lowest BCUT2D eigenvalue weighted by molar-refractivity contribution is -0.890. The molecule has 0 heterocycles. The van der Waals surface area contributed by atoms with Crippen LogP contribution in [-0.2, 0) is 0 Å². The number of likely N-dealkylation sites (N-methyl/N-ethyl adjacent to an activating group) is 1. The molecule has 0 aromatic heterocycles. The number of azo groups is 1. The van der Waals surface area contributed by atoms with Crippen molar-refractivity contribution in [1.29, 1.82) is 0 Å². The number of halogens is 1. The topological polar surface area (TPSA) is 63.4 Å². The lowest BCUT2D eigenvalue weighted by Crippen LogP contribution is -3.00. The molecule has 0 radical (unpaired) electrons. The number of unbranched alkanes of at least 4 members (excludes halogenated alkanes) is 12. The molecule has 1 N–H and O–H groups in total. The average Bonchev–Trinajstić information content (AvgIpc) is 2.95. The standard InChI is InChI=1S/C34H56N3O3.BrH/c1-4-5-6-7-13-16-29-39-33-22-18-31(19-23-33)35-36-32-20-24-34(25-21-32)40-30-17-14-11-9-8-10-12-15-26-37(2,3)27-28-38;/h18-25,38H,4-17,26-30H2,1-3H3;1H/q+1;/p-1/b36-35+;. The summed E-state index contributed by atoms with van der Waals surface area (Å²) >= 11 is 0. The van der Waals surface area contributed by atoms with E-state index >= 15 is 0 Å². The number of benzene rings is 2. The predicted molar refractivity (Wildman–Crippen MR) is 167 cm³/mol. The smallest absolute Gasteiger partial charge is 0.119 e. The number of rotatable bonds is 24. The highest BCUT2D eigenvalue weighted by Crippen LogP contribution is 2.23. The van der Waals surface area contributed by atoms with Gasteiger partial charge in [0, 0.05) is 0 Å².